The first kappa shape index (κ1) is 13.7. The van der Waals surface area contributed by atoms with Crippen LogP contribution in [0.2, 0.25) is 0 Å². The Balaban J connectivity index is 3.27. The van der Waals surface area contributed by atoms with Crippen LogP contribution in [-0.2, 0) is 9.47 Å². The summed E-state index contributed by atoms with van der Waals surface area (Å²) in [5.74, 6) is -0.836. The lowest BCUT2D eigenvalue weighted by Gasteiger charge is -2.07. The fourth-order valence-electron chi connectivity index (χ4n) is 1.08. The van der Waals surface area contributed by atoms with E-state index in [-0.39, 0.29) is 0 Å². The maximum Gasteiger partial charge on any atom is 0.338 e. The standard InChI is InChI=1S/C10H8I2O4/c1-15-9(13)5-3-8(12)6(4-7(5)11)10(14)16-2/h3-4H,1-2H3. The molecule has 0 atom stereocenters. The summed E-state index contributed by atoms with van der Waals surface area (Å²) in [6.45, 7) is 0. The highest BCUT2D eigenvalue weighted by atomic mass is 127. The Bertz CT molecular complexity index is 401. The minimum absolute atomic E-state index is 0.418. The van der Waals surface area contributed by atoms with Crippen molar-refractivity contribution in [3.8, 4) is 0 Å². The molecule has 1 aromatic rings. The van der Waals surface area contributed by atoms with Crippen molar-refractivity contribution in [3.63, 3.8) is 0 Å². The van der Waals surface area contributed by atoms with E-state index in [0.717, 1.165) is 0 Å². The van der Waals surface area contributed by atoms with Crippen LogP contribution in [0.15, 0.2) is 12.1 Å². The van der Waals surface area contributed by atoms with Crippen molar-refractivity contribution in [3.05, 3.63) is 30.4 Å². The van der Waals surface area contributed by atoms with Crippen LogP contribution in [0.3, 0.4) is 0 Å². The summed E-state index contributed by atoms with van der Waals surface area (Å²) in [5, 5.41) is 0. The molecule has 0 aliphatic heterocycles. The van der Waals surface area contributed by atoms with Gasteiger partial charge in [0.1, 0.15) is 0 Å². The van der Waals surface area contributed by atoms with E-state index >= 15 is 0 Å². The lowest BCUT2D eigenvalue weighted by atomic mass is 10.1. The molecule has 6 heteroatoms. The van der Waals surface area contributed by atoms with Gasteiger partial charge in [-0.05, 0) is 57.3 Å². The normalized spacial score (nSPS) is 9.75. The molecule has 4 nitrogen and oxygen atoms in total. The number of rotatable bonds is 2. The zero-order valence-corrected chi connectivity index (χ0v) is 12.9. The molecule has 0 unspecified atom stereocenters. The van der Waals surface area contributed by atoms with Gasteiger partial charge in [-0.2, -0.15) is 0 Å². The fraction of sp³-hybridized carbons (Fsp3) is 0.200. The first-order valence-corrected chi connectivity index (χ1v) is 6.32. The van der Waals surface area contributed by atoms with E-state index in [1.165, 1.54) is 14.2 Å². The number of methoxy groups -OCH3 is 2. The Morgan fingerprint density at radius 1 is 0.938 bits per heavy atom. The van der Waals surface area contributed by atoms with E-state index < -0.39 is 11.9 Å². The number of ether oxygens (including phenoxy) is 2. The SMILES string of the molecule is COC(=O)c1cc(I)c(C(=O)OC)cc1I. The van der Waals surface area contributed by atoms with Gasteiger partial charge in [-0.1, -0.05) is 0 Å². The number of hydrogen-bond acceptors (Lipinski definition) is 4. The van der Waals surface area contributed by atoms with E-state index in [2.05, 4.69) is 9.47 Å². The van der Waals surface area contributed by atoms with Gasteiger partial charge in [0.25, 0.3) is 0 Å². The summed E-state index contributed by atoms with van der Waals surface area (Å²) in [6, 6.07) is 3.22. The maximum absolute atomic E-state index is 11.4. The van der Waals surface area contributed by atoms with Crippen LogP contribution >= 0.6 is 45.2 Å². The molecule has 0 aliphatic carbocycles. The molecule has 0 radical (unpaired) electrons. The van der Waals surface area contributed by atoms with Crippen LogP contribution in [0.1, 0.15) is 20.7 Å². The zero-order chi connectivity index (χ0) is 12.3. The molecular formula is C10H8I2O4. The minimum Gasteiger partial charge on any atom is -0.465 e. The van der Waals surface area contributed by atoms with Gasteiger partial charge in [-0.25, -0.2) is 9.59 Å². The second kappa shape index (κ2) is 5.80. The average Bonchev–Trinajstić information content (AvgIpc) is 2.29. The van der Waals surface area contributed by atoms with Crippen LogP contribution in [0.4, 0.5) is 0 Å². The third-order valence-electron chi connectivity index (χ3n) is 1.87. The Labute approximate surface area is 120 Å². The first-order valence-electron chi connectivity index (χ1n) is 4.17. The molecule has 0 bridgehead atoms. The van der Waals surface area contributed by atoms with E-state index in [0.29, 0.717) is 18.3 Å². The number of hydrogen-bond donors (Lipinski definition) is 0. The summed E-state index contributed by atoms with van der Waals surface area (Å²) >= 11 is 3.96. The average molecular weight is 446 g/mol. The highest BCUT2D eigenvalue weighted by Gasteiger charge is 2.17. The zero-order valence-electron chi connectivity index (χ0n) is 8.54. The molecule has 0 fully saturated rings. The van der Waals surface area contributed by atoms with Crippen molar-refractivity contribution in [1.82, 2.24) is 0 Å². The molecule has 1 rings (SSSR count). The Morgan fingerprint density at radius 2 is 1.25 bits per heavy atom. The number of benzene rings is 1. The van der Waals surface area contributed by atoms with Crippen LogP contribution in [-0.4, -0.2) is 26.2 Å². The number of halogens is 2. The fourth-order valence-corrected chi connectivity index (χ4v) is 2.45. The highest BCUT2D eigenvalue weighted by molar-refractivity contribution is 14.1. The maximum atomic E-state index is 11.4. The molecule has 1 aromatic carbocycles. The molecule has 0 N–H and O–H groups in total. The van der Waals surface area contributed by atoms with E-state index in [4.69, 9.17) is 0 Å². The molecule has 0 aliphatic rings. The summed E-state index contributed by atoms with van der Waals surface area (Å²) < 4.78 is 10.6. The van der Waals surface area contributed by atoms with Gasteiger partial charge in [0, 0.05) is 7.14 Å². The number of carbonyl (C=O) groups excluding carboxylic acids is 2. The largest absolute Gasteiger partial charge is 0.465 e. The second-order valence-corrected chi connectivity index (χ2v) is 5.12. The van der Waals surface area contributed by atoms with E-state index in [1.807, 2.05) is 45.2 Å². The first-order chi connectivity index (χ1) is 7.51. The van der Waals surface area contributed by atoms with Crippen molar-refractivity contribution in [2.24, 2.45) is 0 Å². The number of carbonyl (C=O) groups is 2. The van der Waals surface area contributed by atoms with Gasteiger partial charge in [0.15, 0.2) is 0 Å². The molecule has 0 aromatic heterocycles. The third kappa shape index (κ3) is 2.84. The smallest absolute Gasteiger partial charge is 0.338 e. The van der Waals surface area contributed by atoms with Gasteiger partial charge in [0.2, 0.25) is 0 Å². The predicted molar refractivity (Wildman–Crippen MR) is 74.6 cm³/mol. The van der Waals surface area contributed by atoms with Gasteiger partial charge in [-0.3, -0.25) is 0 Å². The Hall–Kier alpha value is -0.380. The minimum atomic E-state index is -0.418. The lowest BCUT2D eigenvalue weighted by Crippen LogP contribution is -2.09. The summed E-state index contributed by atoms with van der Waals surface area (Å²) in [5.41, 5.74) is 0.889. The van der Waals surface area contributed by atoms with Crippen LogP contribution in [0.5, 0.6) is 0 Å². The van der Waals surface area contributed by atoms with Gasteiger partial charge >= 0.3 is 11.9 Å². The summed E-state index contributed by atoms with van der Waals surface area (Å²) in [4.78, 5) is 22.8. The Morgan fingerprint density at radius 3 is 1.50 bits per heavy atom. The van der Waals surface area contributed by atoms with Crippen LogP contribution in [0, 0.1) is 7.14 Å². The van der Waals surface area contributed by atoms with Crippen molar-refractivity contribution in [2.75, 3.05) is 14.2 Å². The lowest BCUT2D eigenvalue weighted by molar-refractivity contribution is 0.0584. The number of esters is 2. The van der Waals surface area contributed by atoms with Crippen molar-refractivity contribution >= 4 is 57.1 Å². The molecule has 16 heavy (non-hydrogen) atoms. The molecular weight excluding hydrogens is 438 g/mol. The monoisotopic (exact) mass is 446 g/mol. The highest BCUT2D eigenvalue weighted by Crippen LogP contribution is 2.22. The van der Waals surface area contributed by atoms with Gasteiger partial charge in [-0.15, -0.1) is 0 Å². The quantitative estimate of drug-likeness (QED) is 0.518. The topological polar surface area (TPSA) is 52.6 Å². The summed E-state index contributed by atoms with van der Waals surface area (Å²) in [6.07, 6.45) is 0. The molecule has 0 amide bonds. The van der Waals surface area contributed by atoms with Crippen molar-refractivity contribution in [2.45, 2.75) is 0 Å². The van der Waals surface area contributed by atoms with Gasteiger partial charge in [0.05, 0.1) is 25.3 Å². The van der Waals surface area contributed by atoms with Crippen LogP contribution < -0.4 is 0 Å². The molecule has 0 spiro atoms. The molecule has 0 heterocycles. The summed E-state index contributed by atoms with van der Waals surface area (Å²) in [7, 11) is 2.64. The van der Waals surface area contributed by atoms with E-state index in [9.17, 15) is 9.59 Å². The molecule has 0 saturated carbocycles. The second-order valence-electron chi connectivity index (χ2n) is 2.80. The van der Waals surface area contributed by atoms with E-state index in [1.54, 1.807) is 12.1 Å². The van der Waals surface area contributed by atoms with Crippen molar-refractivity contribution in [1.29, 1.82) is 0 Å². The molecule has 0 saturated heterocycles. The predicted octanol–water partition coefficient (Wildman–Crippen LogP) is 2.47. The third-order valence-corrected chi connectivity index (χ3v) is 3.65. The van der Waals surface area contributed by atoms with Crippen molar-refractivity contribution < 1.29 is 19.1 Å². The van der Waals surface area contributed by atoms with Crippen LogP contribution in [0.25, 0.3) is 0 Å². The molecule has 86 valence electrons. The van der Waals surface area contributed by atoms with Gasteiger partial charge < -0.3 is 9.47 Å². The Kier molecular flexibility index (Phi) is 4.96.